The third-order valence-corrected chi connectivity index (χ3v) is 5.07. The SMILES string of the molecule is CCOc1ccc(C(CN)C2CCN(CC(C)C)CC2)c(OCC)c1. The Kier molecular flexibility index (Phi) is 8.04. The van der Waals surface area contributed by atoms with Crippen molar-refractivity contribution in [3.05, 3.63) is 23.8 Å². The highest BCUT2D eigenvalue weighted by Gasteiger charge is 2.29. The molecule has 1 heterocycles. The molecule has 1 aromatic carbocycles. The molecule has 1 aromatic rings. The van der Waals surface area contributed by atoms with Gasteiger partial charge in [0.05, 0.1) is 13.2 Å². The number of benzene rings is 1. The van der Waals surface area contributed by atoms with Crippen molar-refractivity contribution < 1.29 is 9.47 Å². The molecule has 1 saturated heterocycles. The van der Waals surface area contributed by atoms with Gasteiger partial charge in [-0.1, -0.05) is 19.9 Å². The minimum Gasteiger partial charge on any atom is -0.494 e. The van der Waals surface area contributed by atoms with Crippen LogP contribution >= 0.6 is 0 Å². The van der Waals surface area contributed by atoms with Crippen LogP contribution in [0.3, 0.4) is 0 Å². The van der Waals surface area contributed by atoms with Gasteiger partial charge >= 0.3 is 0 Å². The lowest BCUT2D eigenvalue weighted by molar-refractivity contribution is 0.154. The molecule has 0 saturated carbocycles. The molecule has 1 fully saturated rings. The summed E-state index contributed by atoms with van der Waals surface area (Å²) in [6.45, 7) is 14.2. The van der Waals surface area contributed by atoms with Crippen LogP contribution in [0.4, 0.5) is 0 Å². The second-order valence-corrected chi connectivity index (χ2v) is 7.44. The molecule has 0 bridgehead atoms. The molecule has 4 nitrogen and oxygen atoms in total. The fraction of sp³-hybridized carbons (Fsp3) is 0.714. The highest BCUT2D eigenvalue weighted by molar-refractivity contribution is 5.43. The summed E-state index contributed by atoms with van der Waals surface area (Å²) >= 11 is 0. The van der Waals surface area contributed by atoms with Crippen LogP contribution in [0.5, 0.6) is 11.5 Å². The van der Waals surface area contributed by atoms with E-state index in [9.17, 15) is 0 Å². The van der Waals surface area contributed by atoms with Gasteiger partial charge in [-0.15, -0.1) is 0 Å². The second kappa shape index (κ2) is 10.0. The lowest BCUT2D eigenvalue weighted by Crippen LogP contribution is -2.38. The van der Waals surface area contributed by atoms with E-state index >= 15 is 0 Å². The van der Waals surface area contributed by atoms with Gasteiger partial charge in [0, 0.05) is 18.5 Å². The number of rotatable bonds is 9. The summed E-state index contributed by atoms with van der Waals surface area (Å²) in [4.78, 5) is 2.59. The Morgan fingerprint density at radius 1 is 1.12 bits per heavy atom. The third-order valence-electron chi connectivity index (χ3n) is 5.07. The van der Waals surface area contributed by atoms with E-state index < -0.39 is 0 Å². The van der Waals surface area contributed by atoms with Crippen LogP contribution in [0.15, 0.2) is 18.2 Å². The van der Waals surface area contributed by atoms with Crippen molar-refractivity contribution >= 4 is 0 Å². The summed E-state index contributed by atoms with van der Waals surface area (Å²) in [5.41, 5.74) is 7.46. The maximum absolute atomic E-state index is 6.21. The zero-order valence-corrected chi connectivity index (χ0v) is 16.5. The molecule has 142 valence electrons. The summed E-state index contributed by atoms with van der Waals surface area (Å²) in [6.07, 6.45) is 2.43. The summed E-state index contributed by atoms with van der Waals surface area (Å²) in [5, 5.41) is 0. The van der Waals surface area contributed by atoms with Gasteiger partial charge < -0.3 is 20.1 Å². The third kappa shape index (κ3) is 5.61. The summed E-state index contributed by atoms with van der Waals surface area (Å²) in [6, 6.07) is 6.24. The smallest absolute Gasteiger partial charge is 0.126 e. The first kappa shape index (κ1) is 20.1. The molecule has 2 N–H and O–H groups in total. The Hall–Kier alpha value is -1.26. The average Bonchev–Trinajstić information content (AvgIpc) is 2.59. The fourth-order valence-corrected chi connectivity index (χ4v) is 3.99. The van der Waals surface area contributed by atoms with Crippen LogP contribution in [0.25, 0.3) is 0 Å². The van der Waals surface area contributed by atoms with Crippen molar-refractivity contribution in [2.45, 2.75) is 46.5 Å². The van der Waals surface area contributed by atoms with Gasteiger partial charge in [0.1, 0.15) is 11.5 Å². The number of hydrogen-bond acceptors (Lipinski definition) is 4. The Morgan fingerprint density at radius 2 is 1.80 bits per heavy atom. The van der Waals surface area contributed by atoms with Crippen LogP contribution in [-0.4, -0.2) is 44.3 Å². The number of nitrogens with zero attached hydrogens (tertiary/aromatic N) is 1. The predicted octanol–water partition coefficient (Wildman–Crippen LogP) is 3.89. The number of ether oxygens (including phenoxy) is 2. The van der Waals surface area contributed by atoms with E-state index in [1.807, 2.05) is 19.9 Å². The normalized spacial score (nSPS) is 17.7. The topological polar surface area (TPSA) is 47.7 Å². The molecule has 0 spiro atoms. The van der Waals surface area contributed by atoms with Gasteiger partial charge in [0.2, 0.25) is 0 Å². The molecular formula is C21H36N2O2. The van der Waals surface area contributed by atoms with Gasteiger partial charge in [-0.05, 0) is 69.8 Å². The van der Waals surface area contributed by atoms with Gasteiger partial charge in [-0.3, -0.25) is 0 Å². The summed E-state index contributed by atoms with van der Waals surface area (Å²) < 4.78 is 11.6. The van der Waals surface area contributed by atoms with Gasteiger partial charge in [0.15, 0.2) is 0 Å². The van der Waals surface area contributed by atoms with Crippen molar-refractivity contribution in [2.24, 2.45) is 17.6 Å². The van der Waals surface area contributed by atoms with Crippen molar-refractivity contribution in [3.8, 4) is 11.5 Å². The molecule has 0 aromatic heterocycles. The quantitative estimate of drug-likeness (QED) is 0.735. The summed E-state index contributed by atoms with van der Waals surface area (Å²) in [7, 11) is 0. The minimum atomic E-state index is 0.360. The number of piperidine rings is 1. The van der Waals surface area contributed by atoms with Crippen LogP contribution < -0.4 is 15.2 Å². The maximum Gasteiger partial charge on any atom is 0.126 e. The van der Waals surface area contributed by atoms with E-state index in [4.69, 9.17) is 15.2 Å². The first-order chi connectivity index (χ1) is 12.1. The number of nitrogens with two attached hydrogens (primary N) is 1. The molecule has 2 rings (SSSR count). The van der Waals surface area contributed by atoms with Crippen LogP contribution in [0.2, 0.25) is 0 Å². The molecule has 0 aliphatic carbocycles. The van der Waals surface area contributed by atoms with E-state index in [-0.39, 0.29) is 0 Å². The van der Waals surface area contributed by atoms with E-state index in [2.05, 4.69) is 30.9 Å². The minimum absolute atomic E-state index is 0.360. The van der Waals surface area contributed by atoms with Crippen LogP contribution in [0, 0.1) is 11.8 Å². The molecule has 0 radical (unpaired) electrons. The van der Waals surface area contributed by atoms with Crippen LogP contribution in [-0.2, 0) is 0 Å². The van der Waals surface area contributed by atoms with E-state index in [0.29, 0.717) is 31.6 Å². The first-order valence-electron chi connectivity index (χ1n) is 9.90. The Bertz CT molecular complexity index is 511. The molecule has 25 heavy (non-hydrogen) atoms. The van der Waals surface area contributed by atoms with E-state index in [0.717, 1.165) is 17.4 Å². The van der Waals surface area contributed by atoms with Crippen molar-refractivity contribution in [3.63, 3.8) is 0 Å². The van der Waals surface area contributed by atoms with Gasteiger partial charge in [-0.25, -0.2) is 0 Å². The highest BCUT2D eigenvalue weighted by atomic mass is 16.5. The monoisotopic (exact) mass is 348 g/mol. The van der Waals surface area contributed by atoms with Crippen molar-refractivity contribution in [1.82, 2.24) is 4.90 Å². The van der Waals surface area contributed by atoms with Crippen molar-refractivity contribution in [1.29, 1.82) is 0 Å². The number of likely N-dealkylation sites (tertiary alicyclic amines) is 1. The van der Waals surface area contributed by atoms with E-state index in [1.165, 1.54) is 38.0 Å². The number of hydrogen-bond donors (Lipinski definition) is 1. The molecule has 0 amide bonds. The molecule has 1 aliphatic heterocycles. The molecule has 1 aliphatic rings. The first-order valence-corrected chi connectivity index (χ1v) is 9.90. The predicted molar refractivity (Wildman–Crippen MR) is 105 cm³/mol. The average molecular weight is 349 g/mol. The summed E-state index contributed by atoms with van der Waals surface area (Å²) in [5.74, 6) is 3.53. The lowest BCUT2D eigenvalue weighted by atomic mass is 9.79. The zero-order chi connectivity index (χ0) is 18.2. The largest absolute Gasteiger partial charge is 0.494 e. The van der Waals surface area contributed by atoms with E-state index in [1.54, 1.807) is 0 Å². The molecule has 1 unspecified atom stereocenters. The highest BCUT2D eigenvalue weighted by Crippen LogP contribution is 2.38. The molecule has 4 heteroatoms. The second-order valence-electron chi connectivity index (χ2n) is 7.44. The Morgan fingerprint density at radius 3 is 2.36 bits per heavy atom. The van der Waals surface area contributed by atoms with Gasteiger partial charge in [0.25, 0.3) is 0 Å². The van der Waals surface area contributed by atoms with Gasteiger partial charge in [-0.2, -0.15) is 0 Å². The van der Waals surface area contributed by atoms with Crippen molar-refractivity contribution in [2.75, 3.05) is 39.4 Å². The Balaban J connectivity index is 2.11. The molecule has 1 atom stereocenters. The van der Waals surface area contributed by atoms with Crippen LogP contribution in [0.1, 0.15) is 52.0 Å². The Labute approximate surface area is 153 Å². The lowest BCUT2D eigenvalue weighted by Gasteiger charge is -2.37. The zero-order valence-electron chi connectivity index (χ0n) is 16.5. The maximum atomic E-state index is 6.21. The standard InChI is InChI=1S/C21H36N2O2/c1-5-24-18-7-8-19(21(13-18)25-6-2)20(14-22)17-9-11-23(12-10-17)15-16(3)4/h7-8,13,16-17,20H,5-6,9-12,14-15,22H2,1-4H3. The molecular weight excluding hydrogens is 312 g/mol. The fourth-order valence-electron chi connectivity index (χ4n) is 3.99.